The van der Waals surface area contributed by atoms with Gasteiger partial charge in [-0.25, -0.2) is 0 Å². The van der Waals surface area contributed by atoms with Gasteiger partial charge in [-0.3, -0.25) is 4.57 Å². The Morgan fingerprint density at radius 3 is 2.36 bits per heavy atom. The van der Waals surface area contributed by atoms with Crippen LogP contribution in [0.25, 0.3) is 0 Å². The van der Waals surface area contributed by atoms with Gasteiger partial charge in [-0.05, 0) is 5.56 Å². The van der Waals surface area contributed by atoms with Crippen LogP contribution in [0, 0.1) is 6.66 Å². The molecule has 1 aromatic rings. The molecule has 59 valence electrons. The first kappa shape index (κ1) is 8.51. The molecule has 0 aromatic heterocycles. The van der Waals surface area contributed by atoms with Gasteiger partial charge in [-0.1, -0.05) is 30.3 Å². The molecule has 0 bridgehead atoms. The van der Waals surface area contributed by atoms with E-state index in [-0.39, 0.29) is 6.16 Å². The molecule has 0 aliphatic heterocycles. The molecule has 0 amide bonds. The molecular weight excluding hydrogens is 159 g/mol. The minimum Gasteiger partial charge on any atom is -0.344 e. The standard InChI is InChI=1S/C8H10O2P/c1-11(9,10)7-8-5-3-2-4-6-8/h2-6H,1,7H2,(H,9,10). The lowest BCUT2D eigenvalue weighted by Gasteiger charge is -2.03. The van der Waals surface area contributed by atoms with Crippen LogP contribution < -0.4 is 0 Å². The number of hydrogen-bond donors (Lipinski definition) is 1. The minimum absolute atomic E-state index is 0.161. The van der Waals surface area contributed by atoms with E-state index in [9.17, 15) is 4.57 Å². The summed E-state index contributed by atoms with van der Waals surface area (Å²) < 4.78 is 10.8. The quantitative estimate of drug-likeness (QED) is 0.689. The van der Waals surface area contributed by atoms with Crippen molar-refractivity contribution in [1.29, 1.82) is 0 Å². The van der Waals surface area contributed by atoms with Gasteiger partial charge >= 0.3 is 0 Å². The Balaban J connectivity index is 2.74. The summed E-state index contributed by atoms with van der Waals surface area (Å²) in [5, 5.41) is 0. The highest BCUT2D eigenvalue weighted by Gasteiger charge is 2.09. The molecule has 1 aromatic carbocycles. The monoisotopic (exact) mass is 169 g/mol. The molecule has 0 aliphatic rings. The highest BCUT2D eigenvalue weighted by molar-refractivity contribution is 7.58. The van der Waals surface area contributed by atoms with Crippen molar-refractivity contribution in [2.24, 2.45) is 0 Å². The Morgan fingerprint density at radius 2 is 1.91 bits per heavy atom. The summed E-state index contributed by atoms with van der Waals surface area (Å²) in [6.45, 7) is 3.18. The maximum absolute atomic E-state index is 10.8. The summed E-state index contributed by atoms with van der Waals surface area (Å²) in [6, 6.07) is 9.17. The molecular formula is C8H10O2P. The molecule has 0 fully saturated rings. The molecule has 1 atom stereocenters. The third-order valence-corrected chi connectivity index (χ3v) is 2.13. The van der Waals surface area contributed by atoms with E-state index in [2.05, 4.69) is 6.66 Å². The second-order valence-electron chi connectivity index (χ2n) is 2.49. The Hall–Kier alpha value is -0.590. The largest absolute Gasteiger partial charge is 0.344 e. The molecule has 11 heavy (non-hydrogen) atoms. The van der Waals surface area contributed by atoms with E-state index >= 15 is 0 Å². The van der Waals surface area contributed by atoms with Crippen LogP contribution in [0.5, 0.6) is 0 Å². The first-order valence-corrected chi connectivity index (χ1v) is 5.31. The van der Waals surface area contributed by atoms with Crippen molar-refractivity contribution in [3.8, 4) is 0 Å². The van der Waals surface area contributed by atoms with E-state index in [0.717, 1.165) is 5.56 Å². The third kappa shape index (κ3) is 3.35. The summed E-state index contributed by atoms with van der Waals surface area (Å²) in [7, 11) is -3.14. The molecule has 0 saturated heterocycles. The van der Waals surface area contributed by atoms with Crippen molar-refractivity contribution in [2.45, 2.75) is 6.16 Å². The first-order chi connectivity index (χ1) is 5.08. The topological polar surface area (TPSA) is 37.3 Å². The van der Waals surface area contributed by atoms with Gasteiger partial charge in [-0.15, -0.1) is 0 Å². The van der Waals surface area contributed by atoms with Gasteiger partial charge in [0.05, 0.1) is 0 Å². The van der Waals surface area contributed by atoms with Gasteiger partial charge in [-0.2, -0.15) is 0 Å². The average Bonchev–Trinajstić information content (AvgIpc) is 1.85. The van der Waals surface area contributed by atoms with Crippen LogP contribution in [0.15, 0.2) is 30.3 Å². The maximum Gasteiger partial charge on any atom is 0.205 e. The van der Waals surface area contributed by atoms with Crippen molar-refractivity contribution in [2.75, 3.05) is 0 Å². The molecule has 2 nitrogen and oxygen atoms in total. The summed E-state index contributed by atoms with van der Waals surface area (Å²) in [6.07, 6.45) is 0.161. The minimum atomic E-state index is -3.14. The van der Waals surface area contributed by atoms with Crippen LogP contribution >= 0.6 is 7.37 Å². The molecule has 3 heteroatoms. The number of benzene rings is 1. The second-order valence-corrected chi connectivity index (χ2v) is 4.50. The smallest absolute Gasteiger partial charge is 0.205 e. The van der Waals surface area contributed by atoms with Crippen molar-refractivity contribution in [3.05, 3.63) is 42.6 Å². The fourth-order valence-electron chi connectivity index (χ4n) is 0.869. The van der Waals surface area contributed by atoms with Crippen LogP contribution in [0.2, 0.25) is 0 Å². The Bertz CT molecular complexity index is 263. The number of hydrogen-bond acceptors (Lipinski definition) is 1. The third-order valence-electron chi connectivity index (χ3n) is 1.27. The zero-order chi connectivity index (χ0) is 8.32. The highest BCUT2D eigenvalue weighted by Crippen LogP contribution is 2.41. The molecule has 0 saturated carbocycles. The van der Waals surface area contributed by atoms with E-state index in [4.69, 9.17) is 4.89 Å². The van der Waals surface area contributed by atoms with Crippen molar-refractivity contribution >= 4 is 7.37 Å². The van der Waals surface area contributed by atoms with Gasteiger partial charge in [0.2, 0.25) is 7.37 Å². The van der Waals surface area contributed by atoms with E-state index in [0.29, 0.717) is 0 Å². The molecule has 1 radical (unpaired) electrons. The molecule has 1 unspecified atom stereocenters. The van der Waals surface area contributed by atoms with Crippen molar-refractivity contribution < 1.29 is 9.46 Å². The van der Waals surface area contributed by atoms with E-state index in [1.807, 2.05) is 30.3 Å². The number of rotatable bonds is 2. The van der Waals surface area contributed by atoms with Crippen LogP contribution in [0.1, 0.15) is 5.56 Å². The Kier molecular flexibility index (Phi) is 2.48. The zero-order valence-corrected chi connectivity index (χ0v) is 7.00. The SMILES string of the molecule is [CH2]P(=O)(O)Cc1ccccc1. The Morgan fingerprint density at radius 1 is 1.36 bits per heavy atom. The molecule has 1 rings (SSSR count). The van der Waals surface area contributed by atoms with Crippen LogP contribution in [0.3, 0.4) is 0 Å². The normalized spacial score (nSPS) is 15.8. The van der Waals surface area contributed by atoms with E-state index in [1.54, 1.807) is 0 Å². The van der Waals surface area contributed by atoms with Gasteiger partial charge in [0.15, 0.2) is 0 Å². The van der Waals surface area contributed by atoms with Crippen LogP contribution in [-0.2, 0) is 10.7 Å². The van der Waals surface area contributed by atoms with Crippen molar-refractivity contribution in [3.63, 3.8) is 0 Å². The Labute approximate surface area is 66.3 Å². The van der Waals surface area contributed by atoms with Crippen LogP contribution in [-0.4, -0.2) is 4.89 Å². The summed E-state index contributed by atoms with van der Waals surface area (Å²) in [5.74, 6) is 0. The zero-order valence-electron chi connectivity index (χ0n) is 6.10. The second kappa shape index (κ2) is 3.21. The predicted molar refractivity (Wildman–Crippen MR) is 45.3 cm³/mol. The van der Waals surface area contributed by atoms with E-state index in [1.165, 1.54) is 0 Å². The summed E-state index contributed by atoms with van der Waals surface area (Å²) >= 11 is 0. The van der Waals surface area contributed by atoms with Gasteiger partial charge in [0.25, 0.3) is 0 Å². The van der Waals surface area contributed by atoms with Gasteiger partial charge < -0.3 is 4.89 Å². The lowest BCUT2D eigenvalue weighted by Crippen LogP contribution is -1.82. The maximum atomic E-state index is 10.8. The highest BCUT2D eigenvalue weighted by atomic mass is 31.2. The fourth-order valence-corrected chi connectivity index (χ4v) is 1.65. The molecule has 1 N–H and O–H groups in total. The molecule has 0 heterocycles. The summed E-state index contributed by atoms with van der Waals surface area (Å²) in [5.41, 5.74) is 0.855. The van der Waals surface area contributed by atoms with Gasteiger partial charge in [0, 0.05) is 12.8 Å². The first-order valence-electron chi connectivity index (χ1n) is 3.28. The molecule has 0 aliphatic carbocycles. The lowest BCUT2D eigenvalue weighted by molar-refractivity contribution is 0.487. The van der Waals surface area contributed by atoms with E-state index < -0.39 is 7.37 Å². The summed E-state index contributed by atoms with van der Waals surface area (Å²) in [4.78, 5) is 8.92. The predicted octanol–water partition coefficient (Wildman–Crippen LogP) is 2.25. The fraction of sp³-hybridized carbons (Fsp3) is 0.125. The average molecular weight is 169 g/mol. The van der Waals surface area contributed by atoms with Gasteiger partial charge in [0.1, 0.15) is 0 Å². The van der Waals surface area contributed by atoms with Crippen molar-refractivity contribution in [1.82, 2.24) is 0 Å². The lowest BCUT2D eigenvalue weighted by atomic mass is 10.2. The molecule has 0 spiro atoms. The van der Waals surface area contributed by atoms with Crippen LogP contribution in [0.4, 0.5) is 0 Å².